The summed E-state index contributed by atoms with van der Waals surface area (Å²) < 4.78 is 77.7. The van der Waals surface area contributed by atoms with E-state index in [2.05, 4.69) is 4.99 Å². The molecule has 0 radical (unpaired) electrons. The van der Waals surface area contributed by atoms with Crippen LogP contribution in [-0.2, 0) is 47.7 Å². The number of ether oxygens (including phenoxy) is 1. The van der Waals surface area contributed by atoms with Crippen molar-refractivity contribution in [3.63, 3.8) is 0 Å². The SMILES string of the molecule is CCC[C@H](N)C(=O)OCn1c(-c2ccc(F)c(C(F)(F)F)c2F)csc1=NC(=O)Cc1csc2c1c(=O)n(C)c(=O)n2C. The number of thiophene rings is 1. The number of carbonyl (C=O) groups is 2. The third-order valence-corrected chi connectivity index (χ3v) is 8.46. The Morgan fingerprint density at radius 2 is 1.79 bits per heavy atom. The first-order valence-electron chi connectivity index (χ1n) is 12.6. The molecule has 0 bridgehead atoms. The van der Waals surface area contributed by atoms with Crippen LogP contribution in [0.3, 0.4) is 0 Å². The fourth-order valence-corrected chi connectivity index (χ4v) is 6.23. The van der Waals surface area contributed by atoms with Gasteiger partial charge in [0.1, 0.15) is 28.1 Å². The van der Waals surface area contributed by atoms with E-state index in [1.165, 1.54) is 29.4 Å². The molecule has 0 saturated heterocycles. The fourth-order valence-electron chi connectivity index (χ4n) is 4.30. The molecule has 230 valence electrons. The van der Waals surface area contributed by atoms with Crippen LogP contribution in [0, 0.1) is 11.6 Å². The maximum absolute atomic E-state index is 15.1. The number of esters is 1. The van der Waals surface area contributed by atoms with Crippen molar-refractivity contribution in [2.75, 3.05) is 0 Å². The third kappa shape index (κ3) is 6.23. The molecule has 0 unspecified atom stereocenters. The van der Waals surface area contributed by atoms with Gasteiger partial charge in [0, 0.05) is 25.0 Å². The third-order valence-electron chi connectivity index (χ3n) is 6.49. The van der Waals surface area contributed by atoms with Gasteiger partial charge in [0.25, 0.3) is 11.5 Å². The molecule has 10 nitrogen and oxygen atoms in total. The molecule has 0 aliphatic carbocycles. The molecule has 0 spiro atoms. The van der Waals surface area contributed by atoms with E-state index in [0.717, 1.165) is 37.9 Å². The highest BCUT2D eigenvalue weighted by Gasteiger charge is 2.39. The largest absolute Gasteiger partial charge is 0.443 e. The number of fused-ring (bicyclic) bond motifs is 1. The number of halogens is 5. The van der Waals surface area contributed by atoms with Crippen LogP contribution in [0.4, 0.5) is 22.0 Å². The van der Waals surface area contributed by atoms with Crippen molar-refractivity contribution >= 4 is 44.8 Å². The first-order chi connectivity index (χ1) is 20.2. The summed E-state index contributed by atoms with van der Waals surface area (Å²) in [6.45, 7) is 1.08. The van der Waals surface area contributed by atoms with Crippen LogP contribution in [0.5, 0.6) is 0 Å². The van der Waals surface area contributed by atoms with Crippen molar-refractivity contribution in [2.24, 2.45) is 24.8 Å². The lowest BCUT2D eigenvalue weighted by Gasteiger charge is -2.15. The number of nitrogens with two attached hydrogens (primary N) is 1. The molecule has 0 aliphatic rings. The van der Waals surface area contributed by atoms with Crippen LogP contribution < -0.4 is 21.8 Å². The van der Waals surface area contributed by atoms with Crippen LogP contribution in [0.15, 0.2) is 37.5 Å². The summed E-state index contributed by atoms with van der Waals surface area (Å²) in [5, 5.41) is 2.84. The Morgan fingerprint density at radius 3 is 2.44 bits per heavy atom. The predicted molar refractivity (Wildman–Crippen MR) is 148 cm³/mol. The lowest BCUT2D eigenvalue weighted by Crippen LogP contribution is -2.36. The maximum Gasteiger partial charge on any atom is 0.422 e. The first kappa shape index (κ1) is 32.0. The second-order valence-corrected chi connectivity index (χ2v) is 11.1. The molecule has 0 aliphatic heterocycles. The summed E-state index contributed by atoms with van der Waals surface area (Å²) in [4.78, 5) is 54.5. The predicted octanol–water partition coefficient (Wildman–Crippen LogP) is 3.42. The molecule has 3 aromatic heterocycles. The summed E-state index contributed by atoms with van der Waals surface area (Å²) in [7, 11) is 2.76. The van der Waals surface area contributed by atoms with Gasteiger partial charge in [-0.25, -0.2) is 13.6 Å². The van der Waals surface area contributed by atoms with Gasteiger partial charge >= 0.3 is 17.8 Å². The monoisotopic (exact) mass is 645 g/mol. The van der Waals surface area contributed by atoms with Crippen molar-refractivity contribution < 1.29 is 36.3 Å². The second kappa shape index (κ2) is 12.3. The maximum atomic E-state index is 15.1. The van der Waals surface area contributed by atoms with E-state index in [4.69, 9.17) is 10.5 Å². The highest BCUT2D eigenvalue weighted by Crippen LogP contribution is 2.37. The molecule has 1 amide bonds. The number of rotatable bonds is 8. The molecular weight excluding hydrogens is 621 g/mol. The van der Waals surface area contributed by atoms with Crippen LogP contribution in [0.2, 0.25) is 0 Å². The number of thiazole rings is 1. The molecular formula is C26H24F5N5O5S2. The number of aromatic nitrogens is 3. The van der Waals surface area contributed by atoms with Gasteiger partial charge in [-0.1, -0.05) is 13.3 Å². The van der Waals surface area contributed by atoms with Gasteiger partial charge in [-0.2, -0.15) is 18.2 Å². The van der Waals surface area contributed by atoms with Crippen LogP contribution in [-0.4, -0.2) is 31.6 Å². The van der Waals surface area contributed by atoms with E-state index in [9.17, 15) is 36.7 Å². The molecule has 43 heavy (non-hydrogen) atoms. The average Bonchev–Trinajstić information content (AvgIpc) is 3.52. The first-order valence-corrected chi connectivity index (χ1v) is 14.3. The summed E-state index contributed by atoms with van der Waals surface area (Å²) >= 11 is 1.80. The number of amides is 1. The average molecular weight is 646 g/mol. The molecule has 0 saturated carbocycles. The Morgan fingerprint density at radius 1 is 1.09 bits per heavy atom. The van der Waals surface area contributed by atoms with Crippen LogP contribution in [0.1, 0.15) is 30.9 Å². The summed E-state index contributed by atoms with van der Waals surface area (Å²) in [5.41, 5.74) is 1.82. The van der Waals surface area contributed by atoms with E-state index >= 15 is 4.39 Å². The molecule has 4 aromatic rings. The Balaban J connectivity index is 1.80. The molecule has 1 aromatic carbocycles. The van der Waals surface area contributed by atoms with Crippen molar-refractivity contribution in [1.82, 2.24) is 13.7 Å². The zero-order valence-electron chi connectivity index (χ0n) is 22.8. The molecule has 0 fully saturated rings. The van der Waals surface area contributed by atoms with Crippen LogP contribution >= 0.6 is 22.7 Å². The minimum atomic E-state index is -5.35. The summed E-state index contributed by atoms with van der Waals surface area (Å²) in [5.74, 6) is -5.38. The standard InChI is InChI=1S/C26H24F5N5O5S2/c1-4-5-15(32)23(39)41-11-36-16(13-6-7-14(27)19(20(13)28)26(29,30)31)10-43-24(36)33-17(37)8-12-9-42-22-18(12)21(38)34(2)25(40)35(22)3/h6-7,9-10,15H,4-5,8,11,32H2,1-3H3/t15-/m0/s1. The topological polar surface area (TPSA) is 131 Å². The fraction of sp³-hybridized carbons (Fsp3) is 0.346. The van der Waals surface area contributed by atoms with E-state index in [-0.39, 0.29) is 27.9 Å². The number of aryl methyl sites for hydroxylation is 1. The van der Waals surface area contributed by atoms with Crippen molar-refractivity contribution in [3.8, 4) is 11.3 Å². The van der Waals surface area contributed by atoms with Crippen molar-refractivity contribution in [1.29, 1.82) is 0 Å². The number of nitrogens with zero attached hydrogens (tertiary/aromatic N) is 4. The Kier molecular flexibility index (Phi) is 9.17. The number of hydrogen-bond acceptors (Lipinski definition) is 8. The zero-order valence-corrected chi connectivity index (χ0v) is 24.5. The number of benzene rings is 1. The van der Waals surface area contributed by atoms with Crippen LogP contribution in [0.25, 0.3) is 21.5 Å². The lowest BCUT2D eigenvalue weighted by molar-refractivity contribution is -0.149. The van der Waals surface area contributed by atoms with Gasteiger partial charge < -0.3 is 10.5 Å². The minimum Gasteiger partial charge on any atom is -0.443 e. The summed E-state index contributed by atoms with van der Waals surface area (Å²) in [6.07, 6.45) is -4.92. The Labute approximate surface area is 247 Å². The smallest absolute Gasteiger partial charge is 0.422 e. The molecule has 2 N–H and O–H groups in total. The van der Waals surface area contributed by atoms with E-state index in [0.29, 0.717) is 17.3 Å². The number of hydrogen-bond donors (Lipinski definition) is 1. The second-order valence-electron chi connectivity index (χ2n) is 9.43. The van der Waals surface area contributed by atoms with Crippen molar-refractivity contribution in [2.45, 2.75) is 45.1 Å². The lowest BCUT2D eigenvalue weighted by atomic mass is 10.1. The van der Waals surface area contributed by atoms with E-state index in [1.54, 1.807) is 6.92 Å². The quantitative estimate of drug-likeness (QED) is 0.231. The van der Waals surface area contributed by atoms with Gasteiger partial charge in [0.15, 0.2) is 11.5 Å². The van der Waals surface area contributed by atoms with Gasteiger partial charge in [0.2, 0.25) is 0 Å². The molecule has 1 atom stereocenters. The van der Waals surface area contributed by atoms with Gasteiger partial charge in [-0.15, -0.1) is 22.7 Å². The minimum absolute atomic E-state index is 0.143. The van der Waals surface area contributed by atoms with E-state index < -0.39 is 71.3 Å². The zero-order chi connectivity index (χ0) is 31.8. The highest BCUT2D eigenvalue weighted by atomic mass is 32.1. The molecule has 17 heteroatoms. The highest BCUT2D eigenvalue weighted by molar-refractivity contribution is 7.17. The van der Waals surface area contributed by atoms with Gasteiger partial charge in [-0.05, 0) is 29.5 Å². The molecule has 4 rings (SSSR count). The van der Waals surface area contributed by atoms with Gasteiger partial charge in [-0.3, -0.25) is 28.1 Å². The number of carbonyl (C=O) groups excluding carboxylic acids is 2. The number of alkyl halides is 3. The molecule has 3 heterocycles. The van der Waals surface area contributed by atoms with E-state index in [1.807, 2.05) is 0 Å². The van der Waals surface area contributed by atoms with Gasteiger partial charge in [0.05, 0.1) is 17.5 Å². The summed E-state index contributed by atoms with van der Waals surface area (Å²) in [6, 6.07) is 0.218. The normalized spacial score (nSPS) is 13.1. The Hall–Kier alpha value is -3.96. The van der Waals surface area contributed by atoms with Crippen molar-refractivity contribution in [3.05, 3.63) is 71.3 Å². The Bertz CT molecular complexity index is 1920.